The number of methoxy groups -OCH3 is 1. The molecule has 2 aromatic rings. The number of anilines is 1. The minimum absolute atomic E-state index is 0.221. The lowest BCUT2D eigenvalue weighted by Crippen LogP contribution is -3.15. The van der Waals surface area contributed by atoms with Gasteiger partial charge < -0.3 is 19.1 Å². The van der Waals surface area contributed by atoms with Gasteiger partial charge in [-0.15, -0.1) is 0 Å². The highest BCUT2D eigenvalue weighted by molar-refractivity contribution is 5.98. The van der Waals surface area contributed by atoms with Crippen molar-refractivity contribution in [1.29, 1.82) is 0 Å². The predicted octanol–water partition coefficient (Wildman–Crippen LogP) is 0.690. The average Bonchev–Trinajstić information content (AvgIpc) is 2.97. The fourth-order valence-electron chi connectivity index (χ4n) is 4.03. The highest BCUT2D eigenvalue weighted by Crippen LogP contribution is 2.21. The molecule has 0 bridgehead atoms. The molecule has 0 spiro atoms. The third-order valence-corrected chi connectivity index (χ3v) is 5.35. The molecule has 7 heteroatoms. The highest BCUT2D eigenvalue weighted by Gasteiger charge is 2.26. The number of Topliss-reactive ketones (excluding diaryl/α,β-unsaturated/α-hetero) is 1. The van der Waals surface area contributed by atoms with E-state index in [1.807, 2.05) is 19.1 Å². The van der Waals surface area contributed by atoms with Crippen molar-refractivity contribution in [3.63, 3.8) is 0 Å². The summed E-state index contributed by atoms with van der Waals surface area (Å²) < 4.78 is 7.49. The quantitative estimate of drug-likeness (QED) is 0.725. The normalized spacial score (nSPS) is 16.5. The number of nitrogens with one attached hydrogen (secondary N) is 1. The topological polar surface area (TPSA) is 64.7 Å². The summed E-state index contributed by atoms with van der Waals surface area (Å²) in [5, 5.41) is 0. The van der Waals surface area contributed by atoms with Crippen molar-refractivity contribution >= 4 is 11.7 Å². The van der Waals surface area contributed by atoms with E-state index in [9.17, 15) is 4.79 Å². The molecule has 0 amide bonds. The van der Waals surface area contributed by atoms with Crippen LogP contribution in [-0.4, -0.2) is 66.8 Å². The Bertz CT molecular complexity index is 766. The van der Waals surface area contributed by atoms with Crippen molar-refractivity contribution in [2.75, 3.05) is 51.3 Å². The second-order valence-corrected chi connectivity index (χ2v) is 7.34. The van der Waals surface area contributed by atoms with Gasteiger partial charge in [0.1, 0.15) is 6.54 Å². The molecule has 7 nitrogen and oxygen atoms in total. The first kappa shape index (κ1) is 19.5. The number of piperazine rings is 1. The van der Waals surface area contributed by atoms with E-state index < -0.39 is 0 Å². The third kappa shape index (κ3) is 4.36. The van der Waals surface area contributed by atoms with Crippen LogP contribution in [0.25, 0.3) is 0 Å². The third-order valence-electron chi connectivity index (χ3n) is 5.35. The number of carbonyl (C=O) groups is 1. The van der Waals surface area contributed by atoms with Gasteiger partial charge in [-0.2, -0.15) is 0 Å². The maximum absolute atomic E-state index is 12.9. The molecule has 3 rings (SSSR count). The van der Waals surface area contributed by atoms with Crippen molar-refractivity contribution in [2.45, 2.75) is 26.8 Å². The van der Waals surface area contributed by atoms with Gasteiger partial charge in [0.2, 0.25) is 11.7 Å². The van der Waals surface area contributed by atoms with E-state index >= 15 is 0 Å². The Hall–Kier alpha value is -2.25. The number of nitrogens with zero attached hydrogens (tertiary/aromatic N) is 4. The lowest BCUT2D eigenvalue weighted by atomic mass is 10.1. The molecule has 2 aromatic heterocycles. The molecule has 1 atom stereocenters. The van der Waals surface area contributed by atoms with Gasteiger partial charge in [-0.3, -0.25) is 4.79 Å². The summed E-state index contributed by atoms with van der Waals surface area (Å²) in [6.07, 6.45) is 3.54. The summed E-state index contributed by atoms with van der Waals surface area (Å²) in [6, 6.07) is 4.07. The van der Waals surface area contributed by atoms with Crippen LogP contribution in [0.3, 0.4) is 0 Å². The van der Waals surface area contributed by atoms with Crippen LogP contribution in [0.1, 0.15) is 34.7 Å². The van der Waals surface area contributed by atoms with Crippen LogP contribution in [0.5, 0.6) is 0 Å². The predicted molar refractivity (Wildman–Crippen MR) is 105 cm³/mol. The van der Waals surface area contributed by atoms with Crippen LogP contribution in [0.4, 0.5) is 5.95 Å². The van der Waals surface area contributed by atoms with Gasteiger partial charge in [0, 0.05) is 36.5 Å². The largest absolute Gasteiger partial charge is 0.383 e. The van der Waals surface area contributed by atoms with Gasteiger partial charge in [0.05, 0.1) is 38.8 Å². The molecule has 0 aromatic carbocycles. The Morgan fingerprint density at radius 2 is 1.93 bits per heavy atom. The highest BCUT2D eigenvalue weighted by atomic mass is 16.5. The Morgan fingerprint density at radius 1 is 1.26 bits per heavy atom. The fourth-order valence-corrected chi connectivity index (χ4v) is 4.03. The van der Waals surface area contributed by atoms with Crippen LogP contribution in [0.15, 0.2) is 24.5 Å². The summed E-state index contributed by atoms with van der Waals surface area (Å²) >= 11 is 0. The molecule has 0 unspecified atom stereocenters. The number of rotatable bonds is 7. The second kappa shape index (κ2) is 8.63. The maximum atomic E-state index is 12.9. The molecule has 1 fully saturated rings. The second-order valence-electron chi connectivity index (χ2n) is 7.34. The molecule has 1 aliphatic rings. The van der Waals surface area contributed by atoms with E-state index in [1.165, 1.54) is 4.90 Å². The van der Waals surface area contributed by atoms with Gasteiger partial charge >= 0.3 is 0 Å². The van der Waals surface area contributed by atoms with E-state index in [0.717, 1.165) is 49.1 Å². The Balaban J connectivity index is 1.61. The number of quaternary nitrogens is 1. The van der Waals surface area contributed by atoms with Gasteiger partial charge in [-0.1, -0.05) is 0 Å². The van der Waals surface area contributed by atoms with Crippen LogP contribution in [-0.2, 0) is 4.74 Å². The number of ether oxygens (including phenoxy) is 1. The standard InChI is InChI=1S/C20H29N5O2/c1-15-12-18(17(3)25(15)16(2)14-27-4)19(26)13-23-8-10-24(11-9-23)20-21-6-5-7-22-20/h5-7,12,16H,8-11,13-14H2,1-4H3/p+1/t16-/m0/s1. The molecule has 0 aliphatic carbocycles. The molecule has 1 N–H and O–H groups in total. The van der Waals surface area contributed by atoms with Crippen molar-refractivity contribution < 1.29 is 14.4 Å². The monoisotopic (exact) mass is 372 g/mol. The van der Waals surface area contributed by atoms with Crippen molar-refractivity contribution in [3.8, 4) is 0 Å². The molecular formula is C20H30N5O2+. The molecule has 1 saturated heterocycles. The van der Waals surface area contributed by atoms with Crippen LogP contribution >= 0.6 is 0 Å². The first-order chi connectivity index (χ1) is 13.0. The van der Waals surface area contributed by atoms with Gasteiger partial charge in [-0.05, 0) is 32.9 Å². The van der Waals surface area contributed by atoms with E-state index in [-0.39, 0.29) is 11.8 Å². The van der Waals surface area contributed by atoms with Gasteiger partial charge in [0.25, 0.3) is 0 Å². The van der Waals surface area contributed by atoms with E-state index in [2.05, 4.69) is 33.3 Å². The van der Waals surface area contributed by atoms with Crippen molar-refractivity contribution in [3.05, 3.63) is 41.5 Å². The summed E-state index contributed by atoms with van der Waals surface area (Å²) in [5.74, 6) is 0.997. The van der Waals surface area contributed by atoms with E-state index in [4.69, 9.17) is 4.74 Å². The lowest BCUT2D eigenvalue weighted by Gasteiger charge is -2.31. The number of hydrogen-bond donors (Lipinski definition) is 1. The minimum Gasteiger partial charge on any atom is -0.383 e. The number of carbonyl (C=O) groups excluding carboxylic acids is 1. The maximum Gasteiger partial charge on any atom is 0.225 e. The van der Waals surface area contributed by atoms with E-state index in [1.54, 1.807) is 19.5 Å². The summed E-state index contributed by atoms with van der Waals surface area (Å²) in [4.78, 5) is 25.1. The van der Waals surface area contributed by atoms with Crippen molar-refractivity contribution in [1.82, 2.24) is 14.5 Å². The summed E-state index contributed by atoms with van der Waals surface area (Å²) in [5.41, 5.74) is 3.00. The Kier molecular flexibility index (Phi) is 6.23. The first-order valence-corrected chi connectivity index (χ1v) is 9.57. The molecule has 27 heavy (non-hydrogen) atoms. The zero-order valence-electron chi connectivity index (χ0n) is 16.7. The minimum atomic E-state index is 0.221. The SMILES string of the molecule is COC[C@H](C)n1c(C)cc(C(=O)C[NH+]2CCN(c3ncccn3)CC2)c1C. The molecule has 3 heterocycles. The average molecular weight is 372 g/mol. The van der Waals surface area contributed by atoms with Crippen LogP contribution < -0.4 is 9.80 Å². The smallest absolute Gasteiger partial charge is 0.225 e. The number of ketones is 1. The zero-order valence-corrected chi connectivity index (χ0v) is 16.7. The summed E-state index contributed by atoms with van der Waals surface area (Å²) in [7, 11) is 1.71. The zero-order chi connectivity index (χ0) is 19.4. The first-order valence-electron chi connectivity index (χ1n) is 9.57. The Labute approximate surface area is 161 Å². The molecule has 146 valence electrons. The number of aryl methyl sites for hydroxylation is 1. The Morgan fingerprint density at radius 3 is 2.56 bits per heavy atom. The van der Waals surface area contributed by atoms with Crippen molar-refractivity contribution in [2.24, 2.45) is 0 Å². The molecule has 0 radical (unpaired) electrons. The fraction of sp³-hybridized carbons (Fsp3) is 0.550. The van der Waals surface area contributed by atoms with Gasteiger partial charge in [-0.25, -0.2) is 9.97 Å². The summed E-state index contributed by atoms with van der Waals surface area (Å²) in [6.45, 7) is 11.0. The van der Waals surface area contributed by atoms with Crippen LogP contribution in [0, 0.1) is 13.8 Å². The lowest BCUT2D eigenvalue weighted by molar-refractivity contribution is -0.892. The van der Waals surface area contributed by atoms with Gasteiger partial charge in [0.15, 0.2) is 0 Å². The molecule has 0 saturated carbocycles. The molecule has 1 aliphatic heterocycles. The number of hydrogen-bond acceptors (Lipinski definition) is 5. The molecular weight excluding hydrogens is 342 g/mol. The number of aromatic nitrogens is 3. The van der Waals surface area contributed by atoms with Crippen LogP contribution in [0.2, 0.25) is 0 Å². The van der Waals surface area contributed by atoms with E-state index in [0.29, 0.717) is 13.2 Å².